The molecule has 0 fully saturated rings. The van der Waals surface area contributed by atoms with Crippen LogP contribution in [0.15, 0.2) is 84.9 Å². The number of rotatable bonds is 6. The summed E-state index contributed by atoms with van der Waals surface area (Å²) in [6, 6.07) is 22.9. The number of amides is 2. The van der Waals surface area contributed by atoms with Gasteiger partial charge in [0.15, 0.2) is 0 Å². The fraction of sp³-hybridized carbons (Fsp3) is 0.0417. The summed E-state index contributed by atoms with van der Waals surface area (Å²) in [4.78, 5) is 35.4. The molecule has 4 rings (SSSR count). The van der Waals surface area contributed by atoms with Crippen LogP contribution in [-0.4, -0.2) is 26.5 Å². The van der Waals surface area contributed by atoms with Gasteiger partial charge in [0.1, 0.15) is 5.82 Å². The fourth-order valence-corrected chi connectivity index (χ4v) is 3.19. The molecule has 1 heterocycles. The van der Waals surface area contributed by atoms with Crippen molar-refractivity contribution in [1.29, 1.82) is 0 Å². The van der Waals surface area contributed by atoms with Crippen LogP contribution in [0.2, 0.25) is 0 Å². The lowest BCUT2D eigenvalue weighted by atomic mass is 10.1. The molecule has 164 valence electrons. The van der Waals surface area contributed by atoms with E-state index in [-0.39, 0.29) is 17.5 Å². The molecule has 0 aliphatic rings. The second-order valence-corrected chi connectivity index (χ2v) is 7.21. The van der Waals surface area contributed by atoms with Gasteiger partial charge in [0.2, 0.25) is 0 Å². The third-order valence-corrected chi connectivity index (χ3v) is 4.82. The first-order chi connectivity index (χ1) is 15.9. The van der Waals surface area contributed by atoms with Crippen molar-refractivity contribution in [3.63, 3.8) is 0 Å². The summed E-state index contributed by atoms with van der Waals surface area (Å²) < 4.78 is 1.51. The van der Waals surface area contributed by atoms with E-state index < -0.39 is 4.92 Å². The van der Waals surface area contributed by atoms with Gasteiger partial charge in [0.25, 0.3) is 17.5 Å². The Morgan fingerprint density at radius 2 is 1.45 bits per heavy atom. The van der Waals surface area contributed by atoms with Crippen molar-refractivity contribution in [2.75, 3.05) is 10.6 Å². The Bertz CT molecular complexity index is 1310. The molecule has 0 aliphatic carbocycles. The van der Waals surface area contributed by atoms with Gasteiger partial charge in [-0.2, -0.15) is 5.10 Å². The Kier molecular flexibility index (Phi) is 5.94. The normalized spacial score (nSPS) is 10.5. The van der Waals surface area contributed by atoms with E-state index in [0.29, 0.717) is 34.0 Å². The van der Waals surface area contributed by atoms with Crippen LogP contribution in [0.3, 0.4) is 0 Å². The van der Waals surface area contributed by atoms with Crippen LogP contribution in [0.25, 0.3) is 5.69 Å². The molecule has 0 atom stereocenters. The van der Waals surface area contributed by atoms with Gasteiger partial charge in [-0.3, -0.25) is 19.7 Å². The van der Waals surface area contributed by atoms with E-state index in [1.807, 2.05) is 6.07 Å². The highest BCUT2D eigenvalue weighted by Crippen LogP contribution is 2.21. The minimum absolute atomic E-state index is 0.0346. The van der Waals surface area contributed by atoms with Crippen molar-refractivity contribution in [2.45, 2.75) is 6.92 Å². The molecule has 0 unspecified atom stereocenters. The Hall–Kier alpha value is -4.79. The largest absolute Gasteiger partial charge is 0.322 e. The quantitative estimate of drug-likeness (QED) is 0.335. The number of nitro groups is 1. The fourth-order valence-electron chi connectivity index (χ4n) is 3.19. The predicted octanol–water partition coefficient (Wildman–Crippen LogP) is 4.59. The highest BCUT2D eigenvalue weighted by atomic mass is 16.6. The van der Waals surface area contributed by atoms with Crippen LogP contribution in [0.1, 0.15) is 26.4 Å². The number of aryl methyl sites for hydroxylation is 1. The number of benzene rings is 3. The predicted molar refractivity (Wildman–Crippen MR) is 124 cm³/mol. The Morgan fingerprint density at radius 1 is 0.848 bits per heavy atom. The maximum Gasteiger partial charge on any atom is 0.269 e. The molecule has 0 spiro atoms. The summed E-state index contributed by atoms with van der Waals surface area (Å²) in [6.45, 7) is 1.78. The van der Waals surface area contributed by atoms with Gasteiger partial charge >= 0.3 is 0 Å². The lowest BCUT2D eigenvalue weighted by molar-refractivity contribution is -0.384. The van der Waals surface area contributed by atoms with E-state index in [1.165, 1.54) is 16.8 Å². The van der Waals surface area contributed by atoms with Gasteiger partial charge in [-0.25, -0.2) is 4.68 Å². The monoisotopic (exact) mass is 441 g/mol. The van der Waals surface area contributed by atoms with Crippen LogP contribution in [0.4, 0.5) is 17.2 Å². The van der Waals surface area contributed by atoms with Crippen molar-refractivity contribution in [2.24, 2.45) is 0 Å². The number of hydrogen-bond donors (Lipinski definition) is 2. The molecular weight excluding hydrogens is 422 g/mol. The van der Waals surface area contributed by atoms with E-state index in [1.54, 1.807) is 73.7 Å². The van der Waals surface area contributed by atoms with E-state index in [2.05, 4.69) is 15.7 Å². The number of nitro benzene ring substituents is 1. The van der Waals surface area contributed by atoms with E-state index in [9.17, 15) is 19.7 Å². The number of hydrogen-bond acceptors (Lipinski definition) is 5. The number of carbonyl (C=O) groups excluding carboxylic acids is 2. The molecule has 33 heavy (non-hydrogen) atoms. The van der Waals surface area contributed by atoms with Crippen molar-refractivity contribution in [1.82, 2.24) is 9.78 Å². The highest BCUT2D eigenvalue weighted by Gasteiger charge is 2.14. The first-order valence-corrected chi connectivity index (χ1v) is 10.00. The molecule has 0 radical (unpaired) electrons. The minimum atomic E-state index is -0.479. The second-order valence-electron chi connectivity index (χ2n) is 7.21. The topological polar surface area (TPSA) is 119 Å². The zero-order valence-electron chi connectivity index (χ0n) is 17.6. The molecule has 0 saturated heterocycles. The molecule has 1 aromatic heterocycles. The van der Waals surface area contributed by atoms with E-state index in [0.717, 1.165) is 0 Å². The van der Waals surface area contributed by atoms with Crippen molar-refractivity contribution >= 4 is 29.0 Å². The number of nitrogens with one attached hydrogen (secondary N) is 2. The van der Waals surface area contributed by atoms with Crippen LogP contribution < -0.4 is 10.6 Å². The van der Waals surface area contributed by atoms with E-state index in [4.69, 9.17) is 0 Å². The molecule has 3 aromatic carbocycles. The highest BCUT2D eigenvalue weighted by molar-refractivity contribution is 6.06. The van der Waals surface area contributed by atoms with E-state index >= 15 is 0 Å². The standard InChI is InChI=1S/C24H19N5O4/c1-16-15-22(28(27-16)20-11-13-21(14-12-20)29(32)33)26-24(31)18-7-9-19(10-8-18)25-23(30)17-5-3-2-4-6-17/h2-15H,1H3,(H,25,30)(H,26,31). The zero-order valence-corrected chi connectivity index (χ0v) is 17.6. The van der Waals surface area contributed by atoms with Crippen LogP contribution in [0, 0.1) is 17.0 Å². The third kappa shape index (κ3) is 4.93. The zero-order chi connectivity index (χ0) is 23.4. The van der Waals surface area contributed by atoms with Crippen LogP contribution in [0.5, 0.6) is 0 Å². The molecule has 2 N–H and O–H groups in total. The van der Waals surface area contributed by atoms with Crippen molar-refractivity contribution in [3.05, 3.63) is 112 Å². The lowest BCUT2D eigenvalue weighted by Crippen LogP contribution is -2.15. The molecule has 9 nitrogen and oxygen atoms in total. The summed E-state index contributed by atoms with van der Waals surface area (Å²) in [6.07, 6.45) is 0. The van der Waals surface area contributed by atoms with Gasteiger partial charge in [-0.05, 0) is 55.5 Å². The summed E-state index contributed by atoms with van der Waals surface area (Å²) >= 11 is 0. The molecular formula is C24H19N5O4. The first-order valence-electron chi connectivity index (χ1n) is 10.00. The average Bonchev–Trinajstić information content (AvgIpc) is 3.20. The number of carbonyl (C=O) groups is 2. The van der Waals surface area contributed by atoms with Gasteiger partial charge in [-0.1, -0.05) is 18.2 Å². The maximum atomic E-state index is 12.8. The van der Waals surface area contributed by atoms with Gasteiger partial charge in [0.05, 0.1) is 16.3 Å². The molecule has 0 aliphatic heterocycles. The Balaban J connectivity index is 1.47. The Morgan fingerprint density at radius 3 is 2.09 bits per heavy atom. The number of aromatic nitrogens is 2. The number of anilines is 2. The van der Waals surface area contributed by atoms with Crippen molar-refractivity contribution < 1.29 is 14.5 Å². The van der Waals surface area contributed by atoms with Gasteiger partial charge < -0.3 is 10.6 Å². The Labute approximate surface area is 188 Å². The second kappa shape index (κ2) is 9.15. The molecule has 0 saturated carbocycles. The van der Waals surface area contributed by atoms with Crippen LogP contribution >= 0.6 is 0 Å². The van der Waals surface area contributed by atoms with Crippen LogP contribution in [-0.2, 0) is 0 Å². The summed E-state index contributed by atoms with van der Waals surface area (Å²) in [5.41, 5.74) is 2.70. The maximum absolute atomic E-state index is 12.8. The molecule has 2 amide bonds. The van der Waals surface area contributed by atoms with Gasteiger partial charge in [0, 0.05) is 35.0 Å². The summed E-state index contributed by atoms with van der Waals surface area (Å²) in [5.74, 6) is -0.179. The molecule has 0 bridgehead atoms. The van der Waals surface area contributed by atoms with Gasteiger partial charge in [-0.15, -0.1) is 0 Å². The number of non-ortho nitro benzene ring substituents is 1. The summed E-state index contributed by atoms with van der Waals surface area (Å²) in [7, 11) is 0. The SMILES string of the molecule is Cc1cc(NC(=O)c2ccc(NC(=O)c3ccccc3)cc2)n(-c2ccc([N+](=O)[O-])cc2)n1. The molecule has 9 heteroatoms. The smallest absolute Gasteiger partial charge is 0.269 e. The molecule has 4 aromatic rings. The minimum Gasteiger partial charge on any atom is -0.322 e. The summed E-state index contributed by atoms with van der Waals surface area (Å²) in [5, 5.41) is 20.8. The first kappa shape index (κ1) is 21.4. The number of nitrogens with zero attached hydrogens (tertiary/aromatic N) is 3. The average molecular weight is 441 g/mol. The lowest BCUT2D eigenvalue weighted by Gasteiger charge is -2.10. The van der Waals surface area contributed by atoms with Crippen molar-refractivity contribution in [3.8, 4) is 5.69 Å². The third-order valence-electron chi connectivity index (χ3n) is 4.82.